The van der Waals surface area contributed by atoms with Crippen LogP contribution < -0.4 is 5.32 Å². The van der Waals surface area contributed by atoms with Gasteiger partial charge in [0.2, 0.25) is 5.89 Å². The maximum absolute atomic E-state index is 14.1. The number of carbonyl (C=O) groups excluding carboxylic acids is 1. The van der Waals surface area contributed by atoms with Crippen LogP contribution in [0.15, 0.2) is 83.3 Å². The van der Waals surface area contributed by atoms with Crippen LogP contribution in [-0.2, 0) is 0 Å². The van der Waals surface area contributed by atoms with Crippen LogP contribution in [0.4, 0.5) is 10.1 Å². The highest BCUT2D eigenvalue weighted by Gasteiger charge is 2.15. The number of aromatic nitrogens is 1. The number of carbonyl (C=O) groups is 1. The normalized spacial score (nSPS) is 10.8. The van der Waals surface area contributed by atoms with Gasteiger partial charge in [-0.15, -0.1) is 0 Å². The molecule has 0 spiro atoms. The number of benzene rings is 4. The summed E-state index contributed by atoms with van der Waals surface area (Å²) in [5.74, 6) is -0.937. The molecule has 1 N–H and O–H groups in total. The van der Waals surface area contributed by atoms with Gasteiger partial charge in [-0.25, -0.2) is 9.37 Å². The topological polar surface area (TPSA) is 78.9 Å². The Morgan fingerprint density at radius 3 is 2.71 bits per heavy atom. The Morgan fingerprint density at radius 1 is 1.00 bits per heavy atom. The van der Waals surface area contributed by atoms with Gasteiger partial charge in [0.15, 0.2) is 5.58 Å². The molecular weight excluding hydrogens is 393 g/mol. The van der Waals surface area contributed by atoms with Gasteiger partial charge >= 0.3 is 0 Å². The van der Waals surface area contributed by atoms with E-state index in [4.69, 9.17) is 9.68 Å². The number of hydrogen-bond acceptors (Lipinski definition) is 4. The second-order valence-corrected chi connectivity index (χ2v) is 6.99. The van der Waals surface area contributed by atoms with Crippen molar-refractivity contribution in [3.63, 3.8) is 0 Å². The van der Waals surface area contributed by atoms with E-state index in [1.54, 1.807) is 18.2 Å². The van der Waals surface area contributed by atoms with Crippen molar-refractivity contribution in [2.45, 2.75) is 0 Å². The van der Waals surface area contributed by atoms with Gasteiger partial charge in [-0.3, -0.25) is 4.79 Å². The summed E-state index contributed by atoms with van der Waals surface area (Å²) in [5.41, 5.74) is 2.60. The number of nitrogens with one attached hydrogen (secondary N) is 1. The van der Waals surface area contributed by atoms with Crippen molar-refractivity contribution in [3.8, 4) is 17.5 Å². The zero-order valence-electron chi connectivity index (χ0n) is 16.1. The number of nitrogens with zero attached hydrogens (tertiary/aromatic N) is 2. The van der Waals surface area contributed by atoms with E-state index >= 15 is 0 Å². The zero-order valence-corrected chi connectivity index (χ0v) is 16.1. The Bertz CT molecular complexity index is 1510. The van der Waals surface area contributed by atoms with E-state index in [9.17, 15) is 9.18 Å². The highest BCUT2D eigenvalue weighted by molar-refractivity contribution is 6.05. The first-order valence-electron chi connectivity index (χ1n) is 9.52. The van der Waals surface area contributed by atoms with Gasteiger partial charge in [-0.1, -0.05) is 36.4 Å². The van der Waals surface area contributed by atoms with Gasteiger partial charge in [0.1, 0.15) is 11.3 Å². The lowest BCUT2D eigenvalue weighted by Crippen LogP contribution is -2.13. The van der Waals surface area contributed by atoms with Crippen molar-refractivity contribution >= 4 is 33.5 Å². The van der Waals surface area contributed by atoms with E-state index < -0.39 is 11.7 Å². The van der Waals surface area contributed by atoms with Gasteiger partial charge in [0.25, 0.3) is 5.91 Å². The summed E-state index contributed by atoms with van der Waals surface area (Å²) >= 11 is 0. The molecule has 0 saturated heterocycles. The SMILES string of the molecule is N#Cc1ccc(C(=O)Nc2cccc(-c3nc4c(ccc5ccccc54)o3)c2)c(F)c1. The molecular formula is C25H14FN3O2. The van der Waals surface area contributed by atoms with E-state index in [1.807, 2.05) is 48.5 Å². The number of nitriles is 1. The average Bonchev–Trinajstić information content (AvgIpc) is 3.24. The Hall–Kier alpha value is -4.50. The van der Waals surface area contributed by atoms with Crippen LogP contribution in [0.3, 0.4) is 0 Å². The molecule has 5 aromatic rings. The van der Waals surface area contributed by atoms with E-state index in [-0.39, 0.29) is 11.1 Å². The first-order valence-corrected chi connectivity index (χ1v) is 9.52. The molecule has 5 rings (SSSR count). The smallest absolute Gasteiger partial charge is 0.258 e. The van der Waals surface area contributed by atoms with Crippen molar-refractivity contribution in [3.05, 3.63) is 95.8 Å². The molecule has 0 saturated carbocycles. The van der Waals surface area contributed by atoms with Crippen LogP contribution in [-0.4, -0.2) is 10.9 Å². The maximum atomic E-state index is 14.1. The molecule has 0 radical (unpaired) electrons. The Morgan fingerprint density at radius 2 is 1.87 bits per heavy atom. The standard InChI is InChI=1S/C25H14FN3O2/c26-21-12-15(14-27)8-10-20(21)24(30)28-18-6-3-5-17(13-18)25-29-23-19-7-2-1-4-16(19)9-11-22(23)31-25/h1-13H,(H,28,30). The number of rotatable bonds is 3. The summed E-state index contributed by atoms with van der Waals surface area (Å²) in [5, 5.41) is 13.6. The molecule has 0 unspecified atom stereocenters. The van der Waals surface area contributed by atoms with Crippen molar-refractivity contribution in [2.75, 3.05) is 5.32 Å². The van der Waals surface area contributed by atoms with Crippen molar-refractivity contribution in [1.29, 1.82) is 5.26 Å². The van der Waals surface area contributed by atoms with Gasteiger partial charge in [0, 0.05) is 16.6 Å². The first kappa shape index (κ1) is 18.5. The van der Waals surface area contributed by atoms with E-state index in [2.05, 4.69) is 10.3 Å². The molecule has 6 heteroatoms. The molecule has 0 aliphatic carbocycles. The molecule has 0 bridgehead atoms. The molecule has 0 aliphatic heterocycles. The highest BCUT2D eigenvalue weighted by Crippen LogP contribution is 2.30. The van der Waals surface area contributed by atoms with Crippen molar-refractivity contribution in [2.24, 2.45) is 0 Å². The fourth-order valence-corrected chi connectivity index (χ4v) is 3.48. The molecule has 1 amide bonds. The monoisotopic (exact) mass is 407 g/mol. The van der Waals surface area contributed by atoms with Crippen LogP contribution in [0.2, 0.25) is 0 Å². The molecule has 0 aliphatic rings. The summed E-state index contributed by atoms with van der Waals surface area (Å²) in [6.45, 7) is 0. The van der Waals surface area contributed by atoms with Crippen LogP contribution >= 0.6 is 0 Å². The van der Waals surface area contributed by atoms with Crippen LogP contribution in [0, 0.1) is 17.1 Å². The van der Waals surface area contributed by atoms with E-state index in [0.717, 1.165) is 22.4 Å². The molecule has 0 atom stereocenters. The number of anilines is 1. The van der Waals surface area contributed by atoms with Crippen LogP contribution in [0.5, 0.6) is 0 Å². The second-order valence-electron chi connectivity index (χ2n) is 6.99. The zero-order chi connectivity index (χ0) is 21.4. The van der Waals surface area contributed by atoms with Crippen molar-refractivity contribution < 1.29 is 13.6 Å². The minimum atomic E-state index is -0.751. The van der Waals surface area contributed by atoms with Crippen LogP contribution in [0.1, 0.15) is 15.9 Å². The third-order valence-corrected chi connectivity index (χ3v) is 4.99. The third kappa shape index (κ3) is 3.38. The third-order valence-electron chi connectivity index (χ3n) is 4.99. The molecule has 4 aromatic carbocycles. The van der Waals surface area contributed by atoms with Gasteiger partial charge in [0.05, 0.1) is 17.2 Å². The quantitative estimate of drug-likeness (QED) is 0.403. The predicted molar refractivity (Wildman–Crippen MR) is 116 cm³/mol. The fourth-order valence-electron chi connectivity index (χ4n) is 3.48. The maximum Gasteiger partial charge on any atom is 0.258 e. The molecule has 1 heterocycles. The molecule has 148 valence electrons. The lowest BCUT2D eigenvalue weighted by Gasteiger charge is -2.07. The van der Waals surface area contributed by atoms with Gasteiger partial charge < -0.3 is 9.73 Å². The Kier molecular flexibility index (Phi) is 4.42. The lowest BCUT2D eigenvalue weighted by atomic mass is 10.1. The minimum absolute atomic E-state index is 0.141. The summed E-state index contributed by atoms with van der Waals surface area (Å²) in [6, 6.07) is 24.4. The number of amides is 1. The average molecular weight is 407 g/mol. The predicted octanol–water partition coefficient (Wildman–Crippen LogP) is 5.91. The summed E-state index contributed by atoms with van der Waals surface area (Å²) in [7, 11) is 0. The molecule has 1 aromatic heterocycles. The summed E-state index contributed by atoms with van der Waals surface area (Å²) in [4.78, 5) is 17.1. The largest absolute Gasteiger partial charge is 0.436 e. The number of fused-ring (bicyclic) bond motifs is 3. The Labute approximate surface area is 176 Å². The van der Waals surface area contributed by atoms with E-state index in [1.165, 1.54) is 12.1 Å². The highest BCUT2D eigenvalue weighted by atomic mass is 19.1. The molecule has 0 fully saturated rings. The van der Waals surface area contributed by atoms with Crippen molar-refractivity contribution in [1.82, 2.24) is 4.98 Å². The number of hydrogen-bond donors (Lipinski definition) is 1. The summed E-state index contributed by atoms with van der Waals surface area (Å²) in [6.07, 6.45) is 0. The number of oxazole rings is 1. The van der Waals surface area contributed by atoms with Gasteiger partial charge in [-0.2, -0.15) is 5.26 Å². The number of halogens is 1. The summed E-state index contributed by atoms with van der Waals surface area (Å²) < 4.78 is 20.1. The lowest BCUT2D eigenvalue weighted by molar-refractivity contribution is 0.102. The minimum Gasteiger partial charge on any atom is -0.436 e. The Balaban J connectivity index is 1.47. The molecule has 5 nitrogen and oxygen atoms in total. The fraction of sp³-hybridized carbons (Fsp3) is 0. The van der Waals surface area contributed by atoms with Crippen LogP contribution in [0.25, 0.3) is 33.3 Å². The molecule has 31 heavy (non-hydrogen) atoms. The van der Waals surface area contributed by atoms with Gasteiger partial charge in [-0.05, 0) is 47.9 Å². The second kappa shape index (κ2) is 7.39. The first-order chi connectivity index (χ1) is 15.1. The van der Waals surface area contributed by atoms with E-state index in [0.29, 0.717) is 22.7 Å².